The number of aromatic nitrogens is 2. The third-order valence-corrected chi connectivity index (χ3v) is 2.57. The minimum absolute atomic E-state index is 0.00802. The third kappa shape index (κ3) is 3.28. The second kappa shape index (κ2) is 5.51. The summed E-state index contributed by atoms with van der Waals surface area (Å²) in [5.74, 6) is 5.49. The predicted octanol–water partition coefficient (Wildman–Crippen LogP) is 3.18. The lowest BCUT2D eigenvalue weighted by atomic mass is 10.1. The lowest BCUT2D eigenvalue weighted by molar-refractivity contribution is -0.136. The van der Waals surface area contributed by atoms with Crippen LogP contribution in [0.25, 0.3) is 0 Å². The van der Waals surface area contributed by atoms with E-state index in [1.165, 1.54) is 24.5 Å². The van der Waals surface area contributed by atoms with Crippen molar-refractivity contribution < 1.29 is 13.2 Å². The van der Waals surface area contributed by atoms with Crippen LogP contribution in [0.5, 0.6) is 0 Å². The number of benzene rings is 1. The molecular weight excluding hydrogens is 295 g/mol. The molecule has 2 rings (SSSR count). The summed E-state index contributed by atoms with van der Waals surface area (Å²) >= 11 is 5.59. The van der Waals surface area contributed by atoms with E-state index in [-0.39, 0.29) is 22.3 Å². The Morgan fingerprint density at radius 3 is 2.50 bits per heavy atom. The number of nitrogen functional groups attached to an aromatic ring is 1. The van der Waals surface area contributed by atoms with Crippen LogP contribution in [-0.2, 0) is 6.18 Å². The first-order chi connectivity index (χ1) is 9.40. The van der Waals surface area contributed by atoms with Crippen molar-refractivity contribution in [3.8, 4) is 0 Å². The van der Waals surface area contributed by atoms with Gasteiger partial charge in [-0.15, -0.1) is 0 Å². The lowest BCUT2D eigenvalue weighted by Gasteiger charge is -2.14. The molecule has 0 fully saturated rings. The highest BCUT2D eigenvalue weighted by atomic mass is 35.5. The number of nitrogens with two attached hydrogens (primary N) is 1. The fourth-order valence-electron chi connectivity index (χ4n) is 1.49. The molecule has 2 aromatic rings. The quantitative estimate of drug-likeness (QED) is 0.600. The summed E-state index contributed by atoms with van der Waals surface area (Å²) in [6.07, 6.45) is -1.93. The topological polar surface area (TPSA) is 75.9 Å². The van der Waals surface area contributed by atoms with Crippen LogP contribution >= 0.6 is 11.6 Å². The number of alkyl halides is 3. The Kier molecular flexibility index (Phi) is 3.96. The molecule has 0 radical (unpaired) electrons. The van der Waals surface area contributed by atoms with E-state index in [2.05, 4.69) is 20.7 Å². The van der Waals surface area contributed by atoms with Gasteiger partial charge in [-0.2, -0.15) is 13.2 Å². The number of anilines is 3. The van der Waals surface area contributed by atoms with Crippen LogP contribution in [0.15, 0.2) is 30.6 Å². The van der Waals surface area contributed by atoms with Crippen molar-refractivity contribution in [1.29, 1.82) is 0 Å². The third-order valence-electron chi connectivity index (χ3n) is 2.33. The minimum Gasteiger partial charge on any atom is -0.338 e. The molecular formula is C11H9ClF3N5. The van der Waals surface area contributed by atoms with Gasteiger partial charge in [0.15, 0.2) is 11.6 Å². The maximum Gasteiger partial charge on any atom is 0.418 e. The zero-order valence-corrected chi connectivity index (χ0v) is 10.6. The van der Waals surface area contributed by atoms with Gasteiger partial charge in [0.25, 0.3) is 0 Å². The molecule has 1 aromatic heterocycles. The lowest BCUT2D eigenvalue weighted by Crippen LogP contribution is -2.11. The van der Waals surface area contributed by atoms with Gasteiger partial charge in [-0.05, 0) is 18.2 Å². The average Bonchev–Trinajstić information content (AvgIpc) is 2.40. The zero-order chi connectivity index (χ0) is 14.8. The number of nitrogens with zero attached hydrogens (tertiary/aromatic N) is 2. The van der Waals surface area contributed by atoms with Crippen LogP contribution in [0.3, 0.4) is 0 Å². The summed E-state index contributed by atoms with van der Waals surface area (Å²) in [4.78, 5) is 7.71. The molecule has 0 spiro atoms. The van der Waals surface area contributed by atoms with Crippen LogP contribution in [0.1, 0.15) is 5.56 Å². The van der Waals surface area contributed by atoms with Gasteiger partial charge in [-0.3, -0.25) is 4.98 Å². The molecule has 0 saturated heterocycles. The Morgan fingerprint density at radius 1 is 1.15 bits per heavy atom. The van der Waals surface area contributed by atoms with Crippen molar-refractivity contribution in [2.75, 3.05) is 10.7 Å². The highest BCUT2D eigenvalue weighted by Gasteiger charge is 2.33. The van der Waals surface area contributed by atoms with Crippen molar-refractivity contribution in [2.45, 2.75) is 6.18 Å². The zero-order valence-electron chi connectivity index (χ0n) is 9.87. The predicted molar refractivity (Wildman–Crippen MR) is 69.6 cm³/mol. The number of hydrogen-bond donors (Lipinski definition) is 3. The van der Waals surface area contributed by atoms with E-state index in [9.17, 15) is 13.2 Å². The summed E-state index contributed by atoms with van der Waals surface area (Å²) in [5.41, 5.74) is 1.18. The van der Waals surface area contributed by atoms with Crippen molar-refractivity contribution in [1.82, 2.24) is 9.97 Å². The summed E-state index contributed by atoms with van der Waals surface area (Å²) in [6.45, 7) is 0. The van der Waals surface area contributed by atoms with Crippen molar-refractivity contribution >= 4 is 28.9 Å². The van der Waals surface area contributed by atoms with Gasteiger partial charge in [0.05, 0.1) is 23.6 Å². The molecule has 0 aliphatic heterocycles. The van der Waals surface area contributed by atoms with Crippen molar-refractivity contribution in [2.24, 2.45) is 5.84 Å². The fraction of sp³-hybridized carbons (Fsp3) is 0.0909. The first kappa shape index (κ1) is 14.4. The smallest absolute Gasteiger partial charge is 0.338 e. The van der Waals surface area contributed by atoms with Gasteiger partial charge in [0.2, 0.25) is 0 Å². The fourth-order valence-corrected chi connectivity index (χ4v) is 1.67. The molecule has 9 heteroatoms. The summed E-state index contributed by atoms with van der Waals surface area (Å²) in [5, 5.41) is 2.53. The first-order valence-electron chi connectivity index (χ1n) is 5.32. The van der Waals surface area contributed by atoms with Gasteiger partial charge in [0, 0.05) is 5.02 Å². The Balaban J connectivity index is 2.38. The Bertz CT molecular complexity index is 617. The number of hydrazine groups is 1. The van der Waals surface area contributed by atoms with Gasteiger partial charge < -0.3 is 10.7 Å². The van der Waals surface area contributed by atoms with Crippen LogP contribution < -0.4 is 16.6 Å². The molecule has 0 saturated carbocycles. The van der Waals surface area contributed by atoms with Crippen LogP contribution in [-0.4, -0.2) is 9.97 Å². The van der Waals surface area contributed by atoms with Gasteiger partial charge in [-0.1, -0.05) is 11.6 Å². The first-order valence-corrected chi connectivity index (χ1v) is 5.70. The standard InChI is InChI=1S/C11H9ClF3N5/c12-6-1-2-8(7(3-6)11(13,14)15)18-9-4-17-5-10(19-9)20-16/h1-5H,16H2,(H2,18,19,20). The van der Waals surface area contributed by atoms with Crippen molar-refractivity contribution in [3.05, 3.63) is 41.2 Å². The maximum atomic E-state index is 12.9. The van der Waals surface area contributed by atoms with E-state index >= 15 is 0 Å². The summed E-state index contributed by atoms with van der Waals surface area (Å²) in [7, 11) is 0. The van der Waals surface area contributed by atoms with Gasteiger partial charge >= 0.3 is 6.18 Å². The number of rotatable bonds is 3. The second-order valence-corrected chi connectivity index (χ2v) is 4.18. The monoisotopic (exact) mass is 303 g/mol. The van der Waals surface area contributed by atoms with Crippen LogP contribution in [0.2, 0.25) is 5.02 Å². The number of hydrogen-bond acceptors (Lipinski definition) is 5. The molecule has 0 unspecified atom stereocenters. The van der Waals surface area contributed by atoms with E-state index in [1.54, 1.807) is 0 Å². The molecule has 20 heavy (non-hydrogen) atoms. The minimum atomic E-state index is -4.54. The van der Waals surface area contributed by atoms with E-state index in [0.29, 0.717) is 0 Å². The van der Waals surface area contributed by atoms with E-state index in [4.69, 9.17) is 17.4 Å². The molecule has 0 aliphatic carbocycles. The highest BCUT2D eigenvalue weighted by molar-refractivity contribution is 6.30. The highest BCUT2D eigenvalue weighted by Crippen LogP contribution is 2.37. The molecule has 0 atom stereocenters. The van der Waals surface area contributed by atoms with Gasteiger partial charge in [0.1, 0.15) is 0 Å². The second-order valence-electron chi connectivity index (χ2n) is 3.75. The Labute approximate surface area is 117 Å². The van der Waals surface area contributed by atoms with Crippen LogP contribution in [0, 0.1) is 0 Å². The molecule has 0 amide bonds. The maximum absolute atomic E-state index is 12.9. The van der Waals surface area contributed by atoms with Crippen LogP contribution in [0.4, 0.5) is 30.5 Å². The molecule has 106 valence electrons. The largest absolute Gasteiger partial charge is 0.418 e. The van der Waals surface area contributed by atoms with E-state index in [1.807, 2.05) is 0 Å². The molecule has 5 nitrogen and oxygen atoms in total. The SMILES string of the molecule is NNc1cncc(Nc2ccc(Cl)cc2C(F)(F)F)n1. The van der Waals surface area contributed by atoms with Crippen molar-refractivity contribution in [3.63, 3.8) is 0 Å². The Hall–Kier alpha value is -2.06. The average molecular weight is 304 g/mol. The van der Waals surface area contributed by atoms with E-state index < -0.39 is 11.7 Å². The molecule has 0 bridgehead atoms. The normalized spacial score (nSPS) is 11.2. The van der Waals surface area contributed by atoms with Gasteiger partial charge in [-0.25, -0.2) is 10.8 Å². The Morgan fingerprint density at radius 2 is 1.85 bits per heavy atom. The molecule has 0 aliphatic rings. The van der Waals surface area contributed by atoms with E-state index in [0.717, 1.165) is 6.07 Å². The number of halogens is 4. The summed E-state index contributed by atoms with van der Waals surface area (Å²) in [6, 6.07) is 3.40. The molecule has 1 heterocycles. The molecule has 1 aromatic carbocycles. The molecule has 4 N–H and O–H groups in total. The number of nitrogens with one attached hydrogen (secondary N) is 2. The summed E-state index contributed by atoms with van der Waals surface area (Å²) < 4.78 is 38.7.